The second-order valence-electron chi connectivity index (χ2n) is 5.22. The summed E-state index contributed by atoms with van der Waals surface area (Å²) in [5, 5.41) is 12.6. The van der Waals surface area contributed by atoms with Gasteiger partial charge in [-0.1, -0.05) is 18.2 Å². The van der Waals surface area contributed by atoms with Gasteiger partial charge in [0, 0.05) is 5.39 Å². The van der Waals surface area contributed by atoms with Gasteiger partial charge in [-0.2, -0.15) is 30.2 Å². The average Bonchev–Trinajstić information content (AvgIpc) is 2.95. The number of alkyl halides is 3. The van der Waals surface area contributed by atoms with E-state index in [0.29, 0.717) is 10.5 Å². The fourth-order valence-corrected chi connectivity index (χ4v) is 3.24. The summed E-state index contributed by atoms with van der Waals surface area (Å²) in [6, 6.07) is 5.27. The number of rotatable bonds is 6. The first-order valence-corrected chi connectivity index (χ1v) is 8.39. The number of carbonyl (C=O) groups excluding carboxylic acids is 1. The minimum atomic E-state index is -5.02. The Hall–Kier alpha value is -1.36. The van der Waals surface area contributed by atoms with Gasteiger partial charge in [0.2, 0.25) is 11.5 Å². The molecule has 132 valence electrons. The van der Waals surface area contributed by atoms with Crippen molar-refractivity contribution in [1.29, 1.82) is 0 Å². The number of carbonyl (C=O) groups is 1. The molecule has 4 N–H and O–H groups in total. The normalized spacial score (nSPS) is 15.9. The van der Waals surface area contributed by atoms with Crippen LogP contribution in [0.4, 0.5) is 13.2 Å². The van der Waals surface area contributed by atoms with Crippen LogP contribution in [0.15, 0.2) is 24.3 Å². The zero-order chi connectivity index (χ0) is 18.0. The van der Waals surface area contributed by atoms with Crippen LogP contribution in [0.2, 0.25) is 0 Å². The molecule has 0 aliphatic carbocycles. The van der Waals surface area contributed by atoms with Gasteiger partial charge in [-0.05, 0) is 29.8 Å². The smallest absolute Gasteiger partial charge is 0.374 e. The van der Waals surface area contributed by atoms with Crippen LogP contribution >= 0.6 is 24.2 Å². The SMILES string of the molecule is NC(CCS)C(=O)NCC(O)(c1nsc2ccccc12)C(F)(F)F. The van der Waals surface area contributed by atoms with E-state index in [0.717, 1.165) is 11.5 Å². The first-order valence-electron chi connectivity index (χ1n) is 6.99. The number of aromatic nitrogens is 1. The minimum absolute atomic E-state index is 0.191. The van der Waals surface area contributed by atoms with E-state index in [1.54, 1.807) is 18.2 Å². The van der Waals surface area contributed by atoms with Gasteiger partial charge in [-0.15, -0.1) is 0 Å². The molecule has 1 heterocycles. The summed E-state index contributed by atoms with van der Waals surface area (Å²) < 4.78 is 44.8. The van der Waals surface area contributed by atoms with E-state index in [1.807, 2.05) is 0 Å². The van der Waals surface area contributed by atoms with Crippen LogP contribution in [0.25, 0.3) is 10.1 Å². The van der Waals surface area contributed by atoms with Crippen molar-refractivity contribution >= 4 is 40.2 Å². The van der Waals surface area contributed by atoms with Crippen molar-refractivity contribution in [1.82, 2.24) is 9.69 Å². The molecule has 1 aromatic heterocycles. The molecule has 2 atom stereocenters. The first-order chi connectivity index (χ1) is 11.2. The van der Waals surface area contributed by atoms with Gasteiger partial charge < -0.3 is 16.2 Å². The summed E-state index contributed by atoms with van der Waals surface area (Å²) in [6.07, 6.45) is -4.82. The van der Waals surface area contributed by atoms with Crippen LogP contribution in [0.1, 0.15) is 12.1 Å². The summed E-state index contributed by atoms with van der Waals surface area (Å²) in [6.45, 7) is -1.07. The number of fused-ring (bicyclic) bond motifs is 1. The van der Waals surface area contributed by atoms with Crippen molar-refractivity contribution in [2.24, 2.45) is 5.73 Å². The highest BCUT2D eigenvalue weighted by Crippen LogP contribution is 2.41. The number of amides is 1. The molecule has 1 aromatic carbocycles. The zero-order valence-electron chi connectivity index (χ0n) is 12.4. The lowest BCUT2D eigenvalue weighted by Gasteiger charge is -2.30. The molecule has 2 unspecified atom stereocenters. The Balaban J connectivity index is 2.32. The molecule has 2 rings (SSSR count). The van der Waals surface area contributed by atoms with Crippen LogP contribution in [0.5, 0.6) is 0 Å². The van der Waals surface area contributed by atoms with Gasteiger partial charge in [0.1, 0.15) is 5.69 Å². The van der Waals surface area contributed by atoms with Crippen molar-refractivity contribution in [3.8, 4) is 0 Å². The third-order valence-corrected chi connectivity index (χ3v) is 4.62. The Labute approximate surface area is 145 Å². The molecule has 0 saturated carbocycles. The molecule has 0 aliphatic rings. The van der Waals surface area contributed by atoms with E-state index in [2.05, 4.69) is 22.3 Å². The highest BCUT2D eigenvalue weighted by Gasteiger charge is 2.57. The standard InChI is InChI=1S/C14H16F3N3O2S2/c15-14(16,17)13(22,7-19-12(21)9(18)5-6-23)11-8-3-1-2-4-10(8)24-20-11/h1-4,9,22-23H,5-7,18H2,(H,19,21). The minimum Gasteiger partial charge on any atom is -0.374 e. The maximum Gasteiger partial charge on any atom is 0.424 e. The van der Waals surface area contributed by atoms with Crippen molar-refractivity contribution in [2.75, 3.05) is 12.3 Å². The molecule has 0 fully saturated rings. The maximum atomic E-state index is 13.5. The van der Waals surface area contributed by atoms with Crippen LogP contribution in [-0.4, -0.2) is 39.9 Å². The topological polar surface area (TPSA) is 88.2 Å². The number of hydrogen-bond acceptors (Lipinski definition) is 6. The van der Waals surface area contributed by atoms with E-state index in [4.69, 9.17) is 5.73 Å². The second kappa shape index (κ2) is 7.26. The van der Waals surface area contributed by atoms with Gasteiger partial charge >= 0.3 is 6.18 Å². The van der Waals surface area contributed by atoms with Crippen LogP contribution < -0.4 is 11.1 Å². The molecular formula is C14H16F3N3O2S2. The van der Waals surface area contributed by atoms with Crippen molar-refractivity contribution in [2.45, 2.75) is 24.2 Å². The van der Waals surface area contributed by atoms with Crippen LogP contribution in [-0.2, 0) is 10.4 Å². The maximum absolute atomic E-state index is 13.5. The van der Waals surface area contributed by atoms with Gasteiger partial charge in [0.15, 0.2) is 0 Å². The number of thiol groups is 1. The van der Waals surface area contributed by atoms with E-state index in [1.165, 1.54) is 6.07 Å². The Morgan fingerprint density at radius 3 is 2.71 bits per heavy atom. The second-order valence-corrected chi connectivity index (χ2v) is 6.47. The fraction of sp³-hybridized carbons (Fsp3) is 0.429. The number of benzene rings is 1. The summed E-state index contributed by atoms with van der Waals surface area (Å²) in [5.41, 5.74) is 1.71. The highest BCUT2D eigenvalue weighted by molar-refractivity contribution is 7.80. The fourth-order valence-electron chi connectivity index (χ4n) is 2.12. The predicted octanol–water partition coefficient (Wildman–Crippen LogP) is 1.81. The number of aliphatic hydroxyl groups is 1. The third-order valence-electron chi connectivity index (χ3n) is 3.53. The van der Waals surface area contributed by atoms with Crippen molar-refractivity contribution < 1.29 is 23.1 Å². The molecule has 24 heavy (non-hydrogen) atoms. The lowest BCUT2D eigenvalue weighted by atomic mass is 9.95. The van der Waals surface area contributed by atoms with Gasteiger partial charge in [0.05, 0.1) is 17.3 Å². The van der Waals surface area contributed by atoms with Crippen LogP contribution in [0, 0.1) is 0 Å². The summed E-state index contributed by atoms with van der Waals surface area (Å²) in [5.74, 6) is -0.472. The molecule has 0 radical (unpaired) electrons. The first kappa shape index (κ1) is 19.0. The Morgan fingerprint density at radius 1 is 1.42 bits per heavy atom. The van der Waals surface area contributed by atoms with Gasteiger partial charge in [0.25, 0.3) is 0 Å². The van der Waals surface area contributed by atoms with E-state index in [9.17, 15) is 23.1 Å². The Morgan fingerprint density at radius 2 is 2.08 bits per heavy atom. The van der Waals surface area contributed by atoms with E-state index in [-0.39, 0.29) is 11.8 Å². The molecule has 1 amide bonds. The highest BCUT2D eigenvalue weighted by atomic mass is 32.1. The number of nitrogens with two attached hydrogens (primary N) is 1. The monoisotopic (exact) mass is 379 g/mol. The zero-order valence-corrected chi connectivity index (χ0v) is 14.1. The lowest BCUT2D eigenvalue weighted by Crippen LogP contribution is -2.53. The van der Waals surface area contributed by atoms with Crippen molar-refractivity contribution in [3.05, 3.63) is 30.0 Å². The molecular weight excluding hydrogens is 363 g/mol. The van der Waals surface area contributed by atoms with E-state index < -0.39 is 36.0 Å². The molecule has 10 heteroatoms. The van der Waals surface area contributed by atoms with Gasteiger partial charge in [-0.25, -0.2) is 0 Å². The number of nitrogens with zero attached hydrogens (tertiary/aromatic N) is 1. The Bertz CT molecular complexity index is 723. The van der Waals surface area contributed by atoms with E-state index >= 15 is 0 Å². The summed E-state index contributed by atoms with van der Waals surface area (Å²) >= 11 is 4.76. The molecule has 0 bridgehead atoms. The number of hydrogen-bond donors (Lipinski definition) is 4. The number of nitrogens with one attached hydrogen (secondary N) is 1. The van der Waals surface area contributed by atoms with Crippen molar-refractivity contribution in [3.63, 3.8) is 0 Å². The molecule has 5 nitrogen and oxygen atoms in total. The number of halogens is 3. The quantitative estimate of drug-likeness (QED) is 0.577. The molecule has 2 aromatic rings. The molecule has 0 saturated heterocycles. The summed E-state index contributed by atoms with van der Waals surface area (Å²) in [4.78, 5) is 11.8. The van der Waals surface area contributed by atoms with Gasteiger partial charge in [-0.3, -0.25) is 4.79 Å². The van der Waals surface area contributed by atoms with Crippen LogP contribution in [0.3, 0.4) is 0 Å². The largest absolute Gasteiger partial charge is 0.424 e. The lowest BCUT2D eigenvalue weighted by molar-refractivity contribution is -0.264. The third kappa shape index (κ3) is 3.66. The predicted molar refractivity (Wildman–Crippen MR) is 89.0 cm³/mol. The molecule has 0 aliphatic heterocycles. The summed E-state index contributed by atoms with van der Waals surface area (Å²) in [7, 11) is 0. The Kier molecular flexibility index (Phi) is 5.74. The average molecular weight is 379 g/mol. The molecule has 0 spiro atoms.